The molecule has 1 aliphatic carbocycles. The maximum atomic E-state index is 12.7. The maximum absolute atomic E-state index is 12.7. The first-order valence-corrected chi connectivity index (χ1v) is 8.52. The van der Waals surface area contributed by atoms with Crippen LogP contribution in [-0.4, -0.2) is 36.4 Å². The van der Waals surface area contributed by atoms with Gasteiger partial charge in [-0.3, -0.25) is 4.79 Å². The molecule has 1 saturated carbocycles. The fourth-order valence-electron chi connectivity index (χ4n) is 3.70. The molecular formula is C18H18N6O. The minimum Gasteiger partial charge on any atom is -0.381 e. The first-order valence-electron chi connectivity index (χ1n) is 8.52. The van der Waals surface area contributed by atoms with E-state index in [9.17, 15) is 4.79 Å². The fourth-order valence-corrected chi connectivity index (χ4v) is 3.70. The summed E-state index contributed by atoms with van der Waals surface area (Å²) in [6, 6.07) is 6.24. The Morgan fingerprint density at radius 2 is 2.12 bits per heavy atom. The molecule has 1 fully saturated rings. The first-order chi connectivity index (χ1) is 12.1. The third-order valence-corrected chi connectivity index (χ3v) is 5.36. The van der Waals surface area contributed by atoms with Gasteiger partial charge in [-0.25, -0.2) is 14.5 Å². The number of aromatic nitrogens is 4. The van der Waals surface area contributed by atoms with Crippen molar-refractivity contribution in [2.45, 2.75) is 32.4 Å². The van der Waals surface area contributed by atoms with Crippen LogP contribution in [0.5, 0.6) is 0 Å². The van der Waals surface area contributed by atoms with Crippen molar-refractivity contribution in [2.24, 2.45) is 5.92 Å². The number of nitrogens with zero attached hydrogens (tertiary/aromatic N) is 5. The number of carbonyl (C=O) groups excluding carboxylic acids is 1. The lowest BCUT2D eigenvalue weighted by Gasteiger charge is -2.23. The van der Waals surface area contributed by atoms with E-state index in [2.05, 4.69) is 28.1 Å². The van der Waals surface area contributed by atoms with E-state index in [4.69, 9.17) is 5.73 Å². The third-order valence-electron chi connectivity index (χ3n) is 5.36. The van der Waals surface area contributed by atoms with Gasteiger partial charge in [0.15, 0.2) is 11.5 Å². The molecule has 25 heavy (non-hydrogen) atoms. The monoisotopic (exact) mass is 334 g/mol. The molecule has 1 unspecified atom stereocenters. The highest BCUT2D eigenvalue weighted by atomic mass is 16.2. The number of hydrogen-bond acceptors (Lipinski definition) is 5. The Kier molecular flexibility index (Phi) is 2.89. The van der Waals surface area contributed by atoms with Gasteiger partial charge in [-0.2, -0.15) is 5.10 Å². The van der Waals surface area contributed by atoms with E-state index in [1.165, 1.54) is 19.2 Å². The predicted octanol–water partition coefficient (Wildman–Crippen LogP) is 2.13. The van der Waals surface area contributed by atoms with E-state index in [0.29, 0.717) is 30.0 Å². The van der Waals surface area contributed by atoms with Crippen molar-refractivity contribution in [3.63, 3.8) is 0 Å². The highest BCUT2D eigenvalue weighted by Crippen LogP contribution is 2.39. The zero-order chi connectivity index (χ0) is 17.1. The topological polar surface area (TPSA) is 89.4 Å². The van der Waals surface area contributed by atoms with Gasteiger partial charge in [0.2, 0.25) is 0 Å². The average Bonchev–Trinajstić information content (AvgIpc) is 3.29. The van der Waals surface area contributed by atoms with Gasteiger partial charge in [-0.15, -0.1) is 0 Å². The number of anilines is 1. The minimum atomic E-state index is 0.144. The van der Waals surface area contributed by atoms with Crippen LogP contribution in [-0.2, 0) is 6.54 Å². The van der Waals surface area contributed by atoms with Crippen LogP contribution in [0.1, 0.15) is 35.7 Å². The second kappa shape index (κ2) is 5.02. The fraction of sp³-hybridized carbons (Fsp3) is 0.333. The van der Waals surface area contributed by atoms with Crippen molar-refractivity contribution >= 4 is 17.4 Å². The molecule has 3 heterocycles. The molecule has 0 bridgehead atoms. The zero-order valence-electron chi connectivity index (χ0n) is 13.9. The number of imidazole rings is 1. The molecule has 3 aromatic rings. The molecule has 7 nitrogen and oxygen atoms in total. The van der Waals surface area contributed by atoms with Gasteiger partial charge in [-0.05, 0) is 43.4 Å². The lowest BCUT2D eigenvalue weighted by atomic mass is 10.0. The molecule has 0 spiro atoms. The molecule has 1 aromatic carbocycles. The van der Waals surface area contributed by atoms with Crippen LogP contribution in [0.15, 0.2) is 30.7 Å². The number of fused-ring (bicyclic) bond motifs is 2. The third kappa shape index (κ3) is 2.12. The van der Waals surface area contributed by atoms with Crippen LogP contribution in [0.25, 0.3) is 16.9 Å². The van der Waals surface area contributed by atoms with Crippen LogP contribution in [0.2, 0.25) is 0 Å². The minimum absolute atomic E-state index is 0.144. The Morgan fingerprint density at radius 3 is 2.92 bits per heavy atom. The lowest BCUT2D eigenvalue weighted by molar-refractivity contribution is 0.0697. The van der Waals surface area contributed by atoms with Crippen LogP contribution >= 0.6 is 0 Å². The quantitative estimate of drug-likeness (QED) is 0.792. The van der Waals surface area contributed by atoms with Crippen molar-refractivity contribution in [1.29, 1.82) is 0 Å². The Labute approximate surface area is 144 Å². The van der Waals surface area contributed by atoms with Gasteiger partial charge in [0, 0.05) is 23.7 Å². The smallest absolute Gasteiger partial charge is 0.254 e. The first kappa shape index (κ1) is 14.4. The summed E-state index contributed by atoms with van der Waals surface area (Å²) in [5.41, 5.74) is 10.1. The Morgan fingerprint density at radius 1 is 1.28 bits per heavy atom. The van der Waals surface area contributed by atoms with Crippen LogP contribution in [0, 0.1) is 5.92 Å². The van der Waals surface area contributed by atoms with Crippen molar-refractivity contribution < 1.29 is 4.79 Å². The Hall–Kier alpha value is -2.96. The number of benzene rings is 1. The summed E-state index contributed by atoms with van der Waals surface area (Å²) < 4.78 is 1.69. The summed E-state index contributed by atoms with van der Waals surface area (Å²) in [6.45, 7) is 2.83. The van der Waals surface area contributed by atoms with E-state index in [0.717, 1.165) is 22.4 Å². The molecule has 2 aromatic heterocycles. The van der Waals surface area contributed by atoms with E-state index in [1.54, 1.807) is 10.7 Å². The molecule has 0 radical (unpaired) electrons. The maximum Gasteiger partial charge on any atom is 0.254 e. The summed E-state index contributed by atoms with van der Waals surface area (Å²) >= 11 is 0. The molecule has 126 valence electrons. The van der Waals surface area contributed by atoms with E-state index in [1.807, 2.05) is 17.0 Å². The molecule has 1 amide bonds. The highest BCUT2D eigenvalue weighted by molar-refractivity contribution is 5.99. The number of nitrogen functional groups attached to an aromatic ring is 1. The van der Waals surface area contributed by atoms with Crippen molar-refractivity contribution in [3.8, 4) is 11.3 Å². The van der Waals surface area contributed by atoms with Crippen LogP contribution in [0.3, 0.4) is 0 Å². The molecular weight excluding hydrogens is 316 g/mol. The summed E-state index contributed by atoms with van der Waals surface area (Å²) in [6.07, 6.45) is 5.62. The number of amides is 1. The Bertz CT molecular complexity index is 1010. The van der Waals surface area contributed by atoms with Gasteiger partial charge in [0.1, 0.15) is 6.33 Å². The normalized spacial score (nSPS) is 18.0. The average molecular weight is 334 g/mol. The van der Waals surface area contributed by atoms with E-state index < -0.39 is 0 Å². The second-order valence-electron chi connectivity index (χ2n) is 6.91. The summed E-state index contributed by atoms with van der Waals surface area (Å²) in [5.74, 6) is 1.16. The largest absolute Gasteiger partial charge is 0.381 e. The number of nitrogens with two attached hydrogens (primary N) is 1. The summed E-state index contributed by atoms with van der Waals surface area (Å²) in [5, 5.41) is 4.25. The second-order valence-corrected chi connectivity index (χ2v) is 6.91. The molecule has 1 atom stereocenters. The van der Waals surface area contributed by atoms with E-state index >= 15 is 0 Å². The summed E-state index contributed by atoms with van der Waals surface area (Å²) in [4.78, 5) is 23.0. The van der Waals surface area contributed by atoms with Crippen molar-refractivity contribution in [1.82, 2.24) is 24.5 Å². The molecule has 7 heteroatoms. The van der Waals surface area contributed by atoms with Crippen LogP contribution < -0.4 is 5.73 Å². The van der Waals surface area contributed by atoms with Gasteiger partial charge in [0.05, 0.1) is 11.9 Å². The molecule has 2 N–H and O–H groups in total. The molecule has 5 rings (SSSR count). The van der Waals surface area contributed by atoms with Crippen molar-refractivity contribution in [2.75, 3.05) is 5.73 Å². The predicted molar refractivity (Wildman–Crippen MR) is 92.7 cm³/mol. The van der Waals surface area contributed by atoms with Gasteiger partial charge < -0.3 is 10.6 Å². The number of hydrogen-bond donors (Lipinski definition) is 1. The summed E-state index contributed by atoms with van der Waals surface area (Å²) in [7, 11) is 0. The SMILES string of the molecule is CC(C1CC1)N1Cc2cc(-c3cnc4c(N)ncnn34)ccc2C1=O. The van der Waals surface area contributed by atoms with E-state index in [-0.39, 0.29) is 5.91 Å². The number of carbonyl (C=O) groups is 1. The number of rotatable bonds is 3. The zero-order valence-corrected chi connectivity index (χ0v) is 13.9. The van der Waals surface area contributed by atoms with Gasteiger partial charge in [0.25, 0.3) is 5.91 Å². The van der Waals surface area contributed by atoms with Crippen molar-refractivity contribution in [3.05, 3.63) is 41.9 Å². The standard InChI is InChI=1S/C18H18N6O/c1-10(11-2-3-11)23-8-13-6-12(4-5-14(13)18(23)25)15-7-20-17-16(19)21-9-22-24(15)17/h4-7,9-11H,2-3,8H2,1H3,(H2,19,21,22). The van der Waals surface area contributed by atoms with Gasteiger partial charge in [-0.1, -0.05) is 6.07 Å². The highest BCUT2D eigenvalue weighted by Gasteiger charge is 2.38. The van der Waals surface area contributed by atoms with Gasteiger partial charge >= 0.3 is 0 Å². The van der Waals surface area contributed by atoms with Crippen LogP contribution in [0.4, 0.5) is 5.82 Å². The molecule has 1 aliphatic heterocycles. The Balaban J connectivity index is 1.55. The molecule has 2 aliphatic rings. The lowest BCUT2D eigenvalue weighted by Crippen LogP contribution is -2.34. The molecule has 0 saturated heterocycles.